The fraction of sp³-hybridized carbons (Fsp3) is 0.167. The van der Waals surface area contributed by atoms with Crippen molar-refractivity contribution in [1.29, 1.82) is 5.26 Å². The van der Waals surface area contributed by atoms with Crippen LogP contribution in [0, 0.1) is 11.3 Å². The monoisotopic (exact) mass is 479 g/mol. The van der Waals surface area contributed by atoms with Gasteiger partial charge in [0.1, 0.15) is 0 Å². The smallest absolute Gasteiger partial charge is 0.316 e. The van der Waals surface area contributed by atoms with Gasteiger partial charge >= 0.3 is 6.03 Å². The van der Waals surface area contributed by atoms with E-state index < -0.39 is 22.2 Å². The van der Waals surface area contributed by atoms with Gasteiger partial charge < -0.3 is 21.5 Å². The fourth-order valence-corrected chi connectivity index (χ4v) is 4.28. The maximum atomic E-state index is 12.6. The molecule has 0 aliphatic rings. The Morgan fingerprint density at radius 2 is 1.71 bits per heavy atom. The van der Waals surface area contributed by atoms with Gasteiger partial charge in [0, 0.05) is 17.9 Å². The molecule has 0 saturated carbocycles. The van der Waals surface area contributed by atoms with Crippen LogP contribution in [0.2, 0.25) is 0 Å². The highest BCUT2D eigenvalue weighted by atomic mass is 32.2. The molecule has 176 valence electrons. The lowest BCUT2D eigenvalue weighted by Crippen LogP contribution is -2.23. The number of hydrogen-bond acceptors (Lipinski definition) is 6. The molecule has 1 atom stereocenters. The molecule has 0 spiro atoms. The quantitative estimate of drug-likeness (QED) is 0.281. The molecule has 0 bridgehead atoms. The fourth-order valence-electron chi connectivity index (χ4n) is 3.22. The number of rotatable bonds is 10. The molecule has 34 heavy (non-hydrogen) atoms. The number of benzene rings is 3. The Balaban J connectivity index is 1.49. The first kappa shape index (κ1) is 24.7. The highest BCUT2D eigenvalue weighted by Gasteiger charge is 2.14. The number of carbonyl (C=O) groups is 1. The Kier molecular flexibility index (Phi) is 8.21. The van der Waals surface area contributed by atoms with Gasteiger partial charge in [-0.15, -0.1) is 0 Å². The van der Waals surface area contributed by atoms with Crippen LogP contribution < -0.4 is 21.1 Å². The van der Waals surface area contributed by atoms with E-state index in [9.17, 15) is 18.3 Å². The van der Waals surface area contributed by atoms with E-state index >= 15 is 0 Å². The molecule has 1 unspecified atom stereocenters. The van der Waals surface area contributed by atoms with Gasteiger partial charge in [-0.1, -0.05) is 24.3 Å². The minimum atomic E-state index is -3.79. The van der Waals surface area contributed by atoms with Crippen molar-refractivity contribution in [2.24, 2.45) is 5.73 Å². The van der Waals surface area contributed by atoms with Crippen LogP contribution >= 0.6 is 0 Å². The second-order valence-corrected chi connectivity index (χ2v) is 9.21. The van der Waals surface area contributed by atoms with Gasteiger partial charge in [-0.2, -0.15) is 5.26 Å². The number of sulfonamides is 1. The Labute approximate surface area is 198 Å². The number of nitrogens with zero attached hydrogens (tertiary/aromatic N) is 1. The van der Waals surface area contributed by atoms with Crippen LogP contribution in [-0.2, 0) is 16.4 Å². The normalized spacial score (nSPS) is 11.9. The predicted molar refractivity (Wildman–Crippen MR) is 130 cm³/mol. The number of aliphatic hydroxyl groups is 1. The Hall–Kier alpha value is -3.91. The van der Waals surface area contributed by atoms with Crippen molar-refractivity contribution in [2.45, 2.75) is 17.4 Å². The Morgan fingerprint density at radius 3 is 2.35 bits per heavy atom. The molecule has 0 aliphatic heterocycles. The first-order valence-corrected chi connectivity index (χ1v) is 11.9. The third-order valence-electron chi connectivity index (χ3n) is 4.97. The summed E-state index contributed by atoms with van der Waals surface area (Å²) >= 11 is 0. The number of hydrogen-bond donors (Lipinski definition) is 5. The van der Waals surface area contributed by atoms with Crippen molar-refractivity contribution in [3.05, 3.63) is 89.5 Å². The summed E-state index contributed by atoms with van der Waals surface area (Å²) in [6.45, 7) is 0.965. The molecular weight excluding hydrogens is 454 g/mol. The van der Waals surface area contributed by atoms with Crippen LogP contribution in [-0.4, -0.2) is 32.6 Å². The summed E-state index contributed by atoms with van der Waals surface area (Å²) in [4.78, 5) is 10.9. The highest BCUT2D eigenvalue weighted by molar-refractivity contribution is 7.92. The van der Waals surface area contributed by atoms with E-state index in [0.29, 0.717) is 42.0 Å². The molecule has 9 nitrogen and oxygen atoms in total. The van der Waals surface area contributed by atoms with Crippen molar-refractivity contribution in [2.75, 3.05) is 23.1 Å². The number of urea groups is 1. The van der Waals surface area contributed by atoms with Crippen molar-refractivity contribution in [1.82, 2.24) is 5.32 Å². The summed E-state index contributed by atoms with van der Waals surface area (Å²) in [5.41, 5.74) is 8.04. The largest absolute Gasteiger partial charge is 0.387 e. The molecule has 0 saturated heterocycles. The van der Waals surface area contributed by atoms with E-state index in [-0.39, 0.29) is 4.90 Å². The summed E-state index contributed by atoms with van der Waals surface area (Å²) in [5.74, 6) is 0. The van der Waals surface area contributed by atoms with Gasteiger partial charge in [0.05, 0.1) is 22.6 Å². The summed E-state index contributed by atoms with van der Waals surface area (Å²) in [6, 6.07) is 20.9. The van der Waals surface area contributed by atoms with Gasteiger partial charge in [-0.05, 0) is 72.6 Å². The minimum absolute atomic E-state index is 0.0506. The molecule has 3 aromatic carbocycles. The number of nitrogens with one attached hydrogen (secondary N) is 3. The SMILES string of the molecule is N#Cc1cccc(C(O)CNCCc2ccc(NS(=O)(=O)c3ccc(NC(N)=O)cc3)cc2)c1. The number of aliphatic hydroxyl groups excluding tert-OH is 1. The zero-order valence-electron chi connectivity index (χ0n) is 18.2. The van der Waals surface area contributed by atoms with Crippen LogP contribution in [0.25, 0.3) is 0 Å². The summed E-state index contributed by atoms with van der Waals surface area (Å²) in [6.07, 6.45) is -0.0301. The predicted octanol–water partition coefficient (Wildman–Crippen LogP) is 2.72. The summed E-state index contributed by atoms with van der Waals surface area (Å²) in [7, 11) is -3.79. The molecule has 10 heteroatoms. The zero-order valence-corrected chi connectivity index (χ0v) is 19.0. The van der Waals surface area contributed by atoms with Gasteiger partial charge in [-0.3, -0.25) is 4.72 Å². The average molecular weight is 480 g/mol. The van der Waals surface area contributed by atoms with Gasteiger partial charge in [0.2, 0.25) is 0 Å². The lowest BCUT2D eigenvalue weighted by atomic mass is 10.1. The molecule has 6 N–H and O–H groups in total. The number of nitriles is 1. The molecule has 2 amide bonds. The molecule has 0 aliphatic carbocycles. The lowest BCUT2D eigenvalue weighted by molar-refractivity contribution is 0.175. The molecule has 0 fully saturated rings. The standard InChI is InChI=1S/C24H25N5O4S/c25-15-18-2-1-3-19(14-18)23(30)16-27-13-12-17-4-6-21(7-5-17)29-34(32,33)22-10-8-20(9-11-22)28-24(26)31/h1-11,14,23,27,29-30H,12-13,16H2,(H3,26,28,31). The molecular formula is C24H25N5O4S. The second-order valence-electron chi connectivity index (χ2n) is 7.52. The number of carbonyl (C=O) groups excluding carboxylic acids is 1. The minimum Gasteiger partial charge on any atom is -0.387 e. The molecule has 0 heterocycles. The Bertz CT molecular complexity index is 1270. The molecule has 0 aromatic heterocycles. The van der Waals surface area contributed by atoms with E-state index in [2.05, 4.69) is 21.4 Å². The number of anilines is 2. The highest BCUT2D eigenvalue weighted by Crippen LogP contribution is 2.19. The van der Waals surface area contributed by atoms with E-state index in [1.807, 2.05) is 12.1 Å². The molecule has 3 aromatic rings. The van der Waals surface area contributed by atoms with Crippen LogP contribution in [0.5, 0.6) is 0 Å². The first-order valence-electron chi connectivity index (χ1n) is 10.4. The maximum absolute atomic E-state index is 12.6. The van der Waals surface area contributed by atoms with E-state index in [4.69, 9.17) is 11.0 Å². The number of nitrogens with two attached hydrogens (primary N) is 1. The maximum Gasteiger partial charge on any atom is 0.316 e. The van der Waals surface area contributed by atoms with E-state index in [0.717, 1.165) is 5.56 Å². The van der Waals surface area contributed by atoms with E-state index in [1.54, 1.807) is 36.4 Å². The third-order valence-corrected chi connectivity index (χ3v) is 6.36. The van der Waals surface area contributed by atoms with Crippen LogP contribution in [0.4, 0.5) is 16.2 Å². The van der Waals surface area contributed by atoms with Crippen LogP contribution in [0.15, 0.2) is 77.7 Å². The van der Waals surface area contributed by atoms with Gasteiger partial charge in [0.15, 0.2) is 0 Å². The van der Waals surface area contributed by atoms with Crippen LogP contribution in [0.3, 0.4) is 0 Å². The lowest BCUT2D eigenvalue weighted by Gasteiger charge is -2.13. The zero-order chi connectivity index (χ0) is 24.6. The van der Waals surface area contributed by atoms with Crippen LogP contribution in [0.1, 0.15) is 22.8 Å². The summed E-state index contributed by atoms with van der Waals surface area (Å²) in [5, 5.41) is 24.8. The molecule has 0 radical (unpaired) electrons. The van der Waals surface area contributed by atoms with Crippen molar-refractivity contribution >= 4 is 27.4 Å². The third kappa shape index (κ3) is 7.05. The average Bonchev–Trinajstić information content (AvgIpc) is 2.82. The summed E-state index contributed by atoms with van der Waals surface area (Å²) < 4.78 is 27.7. The molecule has 3 rings (SSSR count). The van der Waals surface area contributed by atoms with E-state index in [1.165, 1.54) is 24.3 Å². The second kappa shape index (κ2) is 11.3. The van der Waals surface area contributed by atoms with Gasteiger partial charge in [-0.25, -0.2) is 13.2 Å². The van der Waals surface area contributed by atoms with Crippen molar-refractivity contribution in [3.63, 3.8) is 0 Å². The Morgan fingerprint density at radius 1 is 1.03 bits per heavy atom. The first-order chi connectivity index (χ1) is 16.3. The van der Waals surface area contributed by atoms with Gasteiger partial charge in [0.25, 0.3) is 10.0 Å². The van der Waals surface area contributed by atoms with Crippen molar-refractivity contribution in [3.8, 4) is 6.07 Å². The topological polar surface area (TPSA) is 157 Å². The number of amides is 2. The number of primary amides is 1. The van der Waals surface area contributed by atoms with Crippen molar-refractivity contribution < 1.29 is 18.3 Å².